The number of amides is 1. The molecule has 128 valence electrons. The molecular formula is C18H28N2O3. The highest BCUT2D eigenvalue weighted by atomic mass is 16.5. The molecule has 0 spiro atoms. The van der Waals surface area contributed by atoms with Gasteiger partial charge in [-0.15, -0.1) is 0 Å². The molecule has 1 aromatic rings. The summed E-state index contributed by atoms with van der Waals surface area (Å²) in [5, 5.41) is 3.03. The van der Waals surface area contributed by atoms with E-state index in [-0.39, 0.29) is 17.9 Å². The largest absolute Gasteiger partial charge is 0.491 e. The fraction of sp³-hybridized carbons (Fsp3) is 0.611. The Labute approximate surface area is 138 Å². The normalized spacial score (nSPS) is 20.3. The molecule has 23 heavy (non-hydrogen) atoms. The third-order valence-electron chi connectivity index (χ3n) is 4.67. The monoisotopic (exact) mass is 320 g/mol. The third kappa shape index (κ3) is 4.69. The van der Waals surface area contributed by atoms with Gasteiger partial charge in [0.25, 0.3) is 5.91 Å². The van der Waals surface area contributed by atoms with E-state index in [2.05, 4.69) is 19.2 Å². The molecule has 1 aliphatic rings. The lowest BCUT2D eigenvalue weighted by Gasteiger charge is -2.33. The molecule has 2 unspecified atom stereocenters. The first-order chi connectivity index (χ1) is 10.9. The minimum Gasteiger partial charge on any atom is -0.491 e. The minimum atomic E-state index is -0.411. The Balaban J connectivity index is 1.91. The number of hydrogen-bond acceptors (Lipinski definition) is 4. The van der Waals surface area contributed by atoms with E-state index in [1.165, 1.54) is 0 Å². The lowest BCUT2D eigenvalue weighted by atomic mass is 9.88. The second-order valence-corrected chi connectivity index (χ2v) is 6.70. The van der Waals surface area contributed by atoms with E-state index < -0.39 is 5.54 Å². The molecule has 2 rings (SSSR count). The van der Waals surface area contributed by atoms with Crippen LogP contribution in [-0.2, 0) is 4.74 Å². The predicted molar refractivity (Wildman–Crippen MR) is 90.7 cm³/mol. The number of rotatable bonds is 7. The summed E-state index contributed by atoms with van der Waals surface area (Å²) in [5.41, 5.74) is 6.01. The van der Waals surface area contributed by atoms with E-state index in [4.69, 9.17) is 15.2 Å². The fourth-order valence-corrected chi connectivity index (χ4v) is 2.43. The molecule has 0 bridgehead atoms. The highest BCUT2D eigenvalue weighted by molar-refractivity contribution is 5.94. The molecule has 5 heteroatoms. The van der Waals surface area contributed by atoms with Crippen molar-refractivity contribution in [1.82, 2.24) is 5.32 Å². The van der Waals surface area contributed by atoms with Crippen LogP contribution in [0.5, 0.6) is 5.75 Å². The first-order valence-corrected chi connectivity index (χ1v) is 8.31. The first kappa shape index (κ1) is 17.8. The smallest absolute Gasteiger partial charge is 0.251 e. The first-order valence-electron chi connectivity index (χ1n) is 8.31. The zero-order valence-electron chi connectivity index (χ0n) is 14.3. The van der Waals surface area contributed by atoms with Crippen LogP contribution >= 0.6 is 0 Å². The number of nitrogens with two attached hydrogens (primary N) is 1. The number of carbonyl (C=O) groups is 1. The van der Waals surface area contributed by atoms with Gasteiger partial charge in [-0.2, -0.15) is 0 Å². The van der Waals surface area contributed by atoms with Gasteiger partial charge in [-0.1, -0.05) is 13.8 Å². The Morgan fingerprint density at radius 1 is 1.43 bits per heavy atom. The van der Waals surface area contributed by atoms with E-state index in [0.717, 1.165) is 25.2 Å². The molecule has 1 aromatic carbocycles. The van der Waals surface area contributed by atoms with Gasteiger partial charge in [-0.3, -0.25) is 4.79 Å². The van der Waals surface area contributed by atoms with Crippen LogP contribution in [-0.4, -0.2) is 37.3 Å². The van der Waals surface area contributed by atoms with Gasteiger partial charge in [0.1, 0.15) is 12.4 Å². The quantitative estimate of drug-likeness (QED) is 0.809. The van der Waals surface area contributed by atoms with Crippen molar-refractivity contribution in [1.29, 1.82) is 0 Å². The zero-order valence-corrected chi connectivity index (χ0v) is 14.3. The lowest BCUT2D eigenvalue weighted by molar-refractivity contribution is 0.0679. The van der Waals surface area contributed by atoms with E-state index in [9.17, 15) is 4.79 Å². The van der Waals surface area contributed by atoms with Crippen molar-refractivity contribution in [2.24, 2.45) is 11.7 Å². The maximum absolute atomic E-state index is 12.4. The molecule has 1 amide bonds. The van der Waals surface area contributed by atoms with Crippen molar-refractivity contribution < 1.29 is 14.3 Å². The van der Waals surface area contributed by atoms with Crippen LogP contribution in [0.3, 0.4) is 0 Å². The molecular weight excluding hydrogens is 292 g/mol. The van der Waals surface area contributed by atoms with Gasteiger partial charge in [0, 0.05) is 18.7 Å². The minimum absolute atomic E-state index is 0.114. The number of ether oxygens (including phenoxy) is 2. The van der Waals surface area contributed by atoms with Crippen molar-refractivity contribution in [2.45, 2.75) is 45.3 Å². The van der Waals surface area contributed by atoms with Crippen LogP contribution in [0.4, 0.5) is 0 Å². The molecule has 1 aliphatic heterocycles. The highest BCUT2D eigenvalue weighted by Gasteiger charge is 2.28. The summed E-state index contributed by atoms with van der Waals surface area (Å²) in [6.07, 6.45) is 2.34. The van der Waals surface area contributed by atoms with Crippen LogP contribution in [0.2, 0.25) is 0 Å². The maximum atomic E-state index is 12.4. The van der Waals surface area contributed by atoms with Crippen LogP contribution in [0.15, 0.2) is 24.3 Å². The van der Waals surface area contributed by atoms with Crippen LogP contribution in [0, 0.1) is 5.92 Å². The zero-order chi connectivity index (χ0) is 16.9. The van der Waals surface area contributed by atoms with Gasteiger partial charge in [-0.05, 0) is 49.9 Å². The molecule has 1 fully saturated rings. The molecule has 0 aromatic heterocycles. The molecule has 1 heterocycles. The van der Waals surface area contributed by atoms with Gasteiger partial charge >= 0.3 is 0 Å². The molecule has 1 saturated heterocycles. The van der Waals surface area contributed by atoms with Gasteiger partial charge in [0.2, 0.25) is 0 Å². The second kappa shape index (κ2) is 7.79. The molecule has 2 atom stereocenters. The van der Waals surface area contributed by atoms with E-state index in [1.54, 1.807) is 12.1 Å². The van der Waals surface area contributed by atoms with E-state index in [1.807, 2.05) is 19.1 Å². The van der Waals surface area contributed by atoms with Crippen molar-refractivity contribution in [3.05, 3.63) is 29.8 Å². The number of nitrogens with one attached hydrogen (secondary N) is 1. The summed E-state index contributed by atoms with van der Waals surface area (Å²) in [7, 11) is 0. The van der Waals surface area contributed by atoms with Gasteiger partial charge in [0.15, 0.2) is 0 Å². The summed E-state index contributed by atoms with van der Waals surface area (Å²) >= 11 is 0. The summed E-state index contributed by atoms with van der Waals surface area (Å²) in [5.74, 6) is 0.894. The average molecular weight is 320 g/mol. The van der Waals surface area contributed by atoms with Crippen LogP contribution < -0.4 is 15.8 Å². The average Bonchev–Trinajstić information content (AvgIpc) is 3.06. The summed E-state index contributed by atoms with van der Waals surface area (Å²) in [6, 6.07) is 7.19. The maximum Gasteiger partial charge on any atom is 0.251 e. The number of benzene rings is 1. The lowest BCUT2D eigenvalue weighted by Crippen LogP contribution is -2.55. The summed E-state index contributed by atoms with van der Waals surface area (Å²) < 4.78 is 11.2. The summed E-state index contributed by atoms with van der Waals surface area (Å²) in [6.45, 7) is 7.85. The highest BCUT2D eigenvalue weighted by Crippen LogP contribution is 2.18. The second-order valence-electron chi connectivity index (χ2n) is 6.70. The summed E-state index contributed by atoms with van der Waals surface area (Å²) in [4.78, 5) is 12.4. The Kier molecular flexibility index (Phi) is 6.02. The fourth-order valence-electron chi connectivity index (χ4n) is 2.43. The van der Waals surface area contributed by atoms with Crippen molar-refractivity contribution in [3.63, 3.8) is 0 Å². The molecule has 0 radical (unpaired) electrons. The van der Waals surface area contributed by atoms with Crippen LogP contribution in [0.1, 0.15) is 44.0 Å². The number of carbonyl (C=O) groups excluding carboxylic acids is 1. The molecule has 0 saturated carbocycles. The molecule has 3 N–H and O–H groups in total. The van der Waals surface area contributed by atoms with Gasteiger partial charge in [0.05, 0.1) is 11.6 Å². The van der Waals surface area contributed by atoms with Crippen molar-refractivity contribution in [2.75, 3.05) is 19.8 Å². The Morgan fingerprint density at radius 3 is 2.65 bits per heavy atom. The van der Waals surface area contributed by atoms with E-state index in [0.29, 0.717) is 18.7 Å². The Hall–Kier alpha value is -1.59. The van der Waals surface area contributed by atoms with Gasteiger partial charge < -0.3 is 20.5 Å². The topological polar surface area (TPSA) is 73.6 Å². The predicted octanol–water partition coefficient (Wildman–Crippen LogP) is 2.35. The Bertz CT molecular complexity index is 510. The van der Waals surface area contributed by atoms with E-state index >= 15 is 0 Å². The SMILES string of the molecule is CC(C)C(C)(CN)NC(=O)c1ccc(OCC2CCCO2)cc1. The Morgan fingerprint density at radius 2 is 2.13 bits per heavy atom. The van der Waals surface area contributed by atoms with Crippen molar-refractivity contribution >= 4 is 5.91 Å². The van der Waals surface area contributed by atoms with Crippen LogP contribution in [0.25, 0.3) is 0 Å². The third-order valence-corrected chi connectivity index (χ3v) is 4.67. The van der Waals surface area contributed by atoms with Gasteiger partial charge in [-0.25, -0.2) is 0 Å². The number of hydrogen-bond donors (Lipinski definition) is 2. The molecule has 0 aliphatic carbocycles. The van der Waals surface area contributed by atoms with Crippen molar-refractivity contribution in [3.8, 4) is 5.75 Å². The molecule has 5 nitrogen and oxygen atoms in total. The standard InChI is InChI=1S/C18H28N2O3/c1-13(2)18(3,12-19)20-17(21)14-6-8-15(9-7-14)23-11-16-5-4-10-22-16/h6-9,13,16H,4-5,10-12,19H2,1-3H3,(H,20,21).